The van der Waals surface area contributed by atoms with E-state index in [9.17, 15) is 13.2 Å². The highest BCUT2D eigenvalue weighted by Crippen LogP contribution is 2.27. The molecule has 1 amide bonds. The number of nitrogens with zero attached hydrogens (tertiary/aromatic N) is 2. The molecule has 0 spiro atoms. The van der Waals surface area contributed by atoms with Gasteiger partial charge in [-0.2, -0.15) is 4.31 Å². The molecule has 1 atom stereocenters. The third kappa shape index (κ3) is 5.12. The molecular weight excluding hydrogens is 408 g/mol. The Morgan fingerprint density at radius 3 is 2.14 bits per heavy atom. The van der Waals surface area contributed by atoms with E-state index in [1.165, 1.54) is 16.1 Å². The molecule has 156 valence electrons. The zero-order valence-corrected chi connectivity index (χ0v) is 18.5. The van der Waals surface area contributed by atoms with Gasteiger partial charge < -0.3 is 9.64 Å². The quantitative estimate of drug-likeness (QED) is 0.654. The third-order valence-electron chi connectivity index (χ3n) is 4.93. The Bertz CT molecular complexity index is 936. The van der Waals surface area contributed by atoms with E-state index in [-0.39, 0.29) is 11.2 Å². The van der Waals surface area contributed by atoms with Crippen LogP contribution < -0.4 is 4.74 Å². The normalized spacial score (nSPS) is 16.4. The highest BCUT2D eigenvalue weighted by Gasteiger charge is 2.31. The SMILES string of the molecule is COc1ccc(S[C@@H](C)C(=O)N2CCN(S(=O)(=O)c3ccc(C)cc3)CC2)cc1. The highest BCUT2D eigenvalue weighted by atomic mass is 32.2. The second-order valence-electron chi connectivity index (χ2n) is 6.98. The predicted molar refractivity (Wildman–Crippen MR) is 115 cm³/mol. The molecule has 2 aromatic rings. The van der Waals surface area contributed by atoms with Gasteiger partial charge in [0, 0.05) is 31.1 Å². The van der Waals surface area contributed by atoms with Crippen LogP contribution in [0.3, 0.4) is 0 Å². The van der Waals surface area contributed by atoms with Crippen LogP contribution in [0.15, 0.2) is 58.3 Å². The van der Waals surface area contributed by atoms with Gasteiger partial charge in [-0.25, -0.2) is 8.42 Å². The van der Waals surface area contributed by atoms with Gasteiger partial charge in [-0.3, -0.25) is 4.79 Å². The van der Waals surface area contributed by atoms with Crippen LogP contribution in [0, 0.1) is 6.92 Å². The summed E-state index contributed by atoms with van der Waals surface area (Å²) in [5.74, 6) is 0.803. The molecule has 3 rings (SSSR count). The Morgan fingerprint density at radius 1 is 1.00 bits per heavy atom. The first-order valence-electron chi connectivity index (χ1n) is 9.47. The summed E-state index contributed by atoms with van der Waals surface area (Å²) in [4.78, 5) is 15.8. The Morgan fingerprint density at radius 2 is 1.59 bits per heavy atom. The lowest BCUT2D eigenvalue weighted by Gasteiger charge is -2.35. The van der Waals surface area contributed by atoms with Crippen molar-refractivity contribution in [3.05, 3.63) is 54.1 Å². The number of aryl methyl sites for hydroxylation is 1. The van der Waals surface area contributed by atoms with Gasteiger partial charge in [0.1, 0.15) is 5.75 Å². The summed E-state index contributed by atoms with van der Waals surface area (Å²) in [5.41, 5.74) is 1.02. The summed E-state index contributed by atoms with van der Waals surface area (Å²) < 4.78 is 32.2. The van der Waals surface area contributed by atoms with Crippen molar-refractivity contribution >= 4 is 27.7 Å². The van der Waals surface area contributed by atoms with Gasteiger partial charge in [0.2, 0.25) is 15.9 Å². The Hall–Kier alpha value is -2.03. The second-order valence-corrected chi connectivity index (χ2v) is 10.3. The van der Waals surface area contributed by atoms with Crippen molar-refractivity contribution in [3.8, 4) is 5.75 Å². The highest BCUT2D eigenvalue weighted by molar-refractivity contribution is 8.00. The van der Waals surface area contributed by atoms with Gasteiger partial charge in [-0.1, -0.05) is 17.7 Å². The van der Waals surface area contributed by atoms with Crippen LogP contribution in [0.5, 0.6) is 5.75 Å². The third-order valence-corrected chi connectivity index (χ3v) is 7.94. The minimum absolute atomic E-state index is 0.0261. The van der Waals surface area contributed by atoms with Crippen molar-refractivity contribution in [2.24, 2.45) is 0 Å². The molecule has 0 bridgehead atoms. The summed E-state index contributed by atoms with van der Waals surface area (Å²) in [7, 11) is -1.91. The van der Waals surface area contributed by atoms with E-state index in [0.717, 1.165) is 16.2 Å². The molecule has 0 N–H and O–H groups in total. The minimum Gasteiger partial charge on any atom is -0.497 e. The van der Waals surface area contributed by atoms with Crippen LogP contribution in [-0.4, -0.2) is 62.1 Å². The van der Waals surface area contributed by atoms with Crippen LogP contribution in [0.1, 0.15) is 12.5 Å². The maximum absolute atomic E-state index is 12.8. The van der Waals surface area contributed by atoms with Gasteiger partial charge in [0.25, 0.3) is 0 Å². The number of carbonyl (C=O) groups is 1. The number of sulfonamides is 1. The van der Waals surface area contributed by atoms with Crippen molar-refractivity contribution in [1.82, 2.24) is 9.21 Å². The van der Waals surface area contributed by atoms with E-state index in [0.29, 0.717) is 31.1 Å². The van der Waals surface area contributed by atoms with E-state index in [1.807, 2.05) is 38.1 Å². The zero-order valence-electron chi connectivity index (χ0n) is 16.9. The van der Waals surface area contributed by atoms with E-state index in [2.05, 4.69) is 0 Å². The number of benzene rings is 2. The lowest BCUT2D eigenvalue weighted by molar-refractivity contribution is -0.131. The van der Waals surface area contributed by atoms with Crippen molar-refractivity contribution in [2.45, 2.75) is 28.9 Å². The summed E-state index contributed by atoms with van der Waals surface area (Å²) >= 11 is 1.49. The van der Waals surface area contributed by atoms with Gasteiger partial charge in [-0.05, 0) is 50.2 Å². The van der Waals surface area contributed by atoms with Crippen LogP contribution in [0.25, 0.3) is 0 Å². The van der Waals surface area contributed by atoms with Crippen LogP contribution >= 0.6 is 11.8 Å². The fourth-order valence-corrected chi connectivity index (χ4v) is 5.55. The number of amides is 1. The average Bonchev–Trinajstić information content (AvgIpc) is 2.74. The summed E-state index contributed by atoms with van der Waals surface area (Å²) in [5, 5.41) is -0.247. The average molecular weight is 435 g/mol. The Labute approximate surface area is 176 Å². The van der Waals surface area contributed by atoms with Gasteiger partial charge >= 0.3 is 0 Å². The van der Waals surface area contributed by atoms with Crippen LogP contribution in [-0.2, 0) is 14.8 Å². The number of hydrogen-bond acceptors (Lipinski definition) is 5. The molecule has 1 saturated heterocycles. The molecule has 0 saturated carbocycles. The number of piperazine rings is 1. The molecule has 1 fully saturated rings. The Kier molecular flexibility index (Phi) is 6.87. The van der Waals surface area contributed by atoms with Crippen molar-refractivity contribution < 1.29 is 17.9 Å². The fraction of sp³-hybridized carbons (Fsp3) is 0.381. The van der Waals surface area contributed by atoms with Gasteiger partial charge in [0.15, 0.2) is 0 Å². The maximum atomic E-state index is 12.8. The van der Waals surface area contributed by atoms with E-state index in [1.54, 1.807) is 36.3 Å². The zero-order chi connectivity index (χ0) is 21.0. The molecule has 1 heterocycles. The number of methoxy groups -OCH3 is 1. The van der Waals surface area contributed by atoms with Crippen molar-refractivity contribution in [1.29, 1.82) is 0 Å². The van der Waals surface area contributed by atoms with E-state index >= 15 is 0 Å². The lowest BCUT2D eigenvalue weighted by atomic mass is 10.2. The molecule has 6 nitrogen and oxygen atoms in total. The van der Waals surface area contributed by atoms with Gasteiger partial charge in [-0.15, -0.1) is 11.8 Å². The standard InChI is InChI=1S/C21H26N2O4S2/c1-16-4-10-20(11-5-16)29(25,26)23-14-12-22(13-15-23)21(24)17(2)28-19-8-6-18(27-3)7-9-19/h4-11,17H,12-15H2,1-3H3/t17-/m0/s1. The monoisotopic (exact) mass is 434 g/mol. The molecular formula is C21H26N2O4S2. The topological polar surface area (TPSA) is 66.9 Å². The number of carbonyl (C=O) groups excluding carboxylic acids is 1. The van der Waals surface area contributed by atoms with E-state index in [4.69, 9.17) is 4.74 Å². The predicted octanol–water partition coefficient (Wildman–Crippen LogP) is 3.02. The number of ether oxygens (including phenoxy) is 1. The number of hydrogen-bond donors (Lipinski definition) is 0. The van der Waals surface area contributed by atoms with Crippen LogP contribution in [0.2, 0.25) is 0 Å². The molecule has 0 radical (unpaired) electrons. The molecule has 2 aromatic carbocycles. The van der Waals surface area contributed by atoms with Crippen molar-refractivity contribution in [2.75, 3.05) is 33.3 Å². The van der Waals surface area contributed by atoms with Crippen LogP contribution in [0.4, 0.5) is 0 Å². The van der Waals surface area contributed by atoms with Gasteiger partial charge in [0.05, 0.1) is 17.3 Å². The fourth-order valence-electron chi connectivity index (χ4n) is 3.17. The summed E-state index contributed by atoms with van der Waals surface area (Å²) in [6, 6.07) is 14.5. The Balaban J connectivity index is 1.57. The summed E-state index contributed by atoms with van der Waals surface area (Å²) in [6.45, 7) is 5.22. The maximum Gasteiger partial charge on any atom is 0.243 e. The molecule has 29 heavy (non-hydrogen) atoms. The first-order valence-corrected chi connectivity index (χ1v) is 11.8. The number of rotatable bonds is 6. The molecule has 0 unspecified atom stereocenters. The summed E-state index contributed by atoms with van der Waals surface area (Å²) in [6.07, 6.45) is 0. The molecule has 0 aliphatic carbocycles. The van der Waals surface area contributed by atoms with E-state index < -0.39 is 10.0 Å². The first kappa shape index (κ1) is 21.7. The molecule has 0 aromatic heterocycles. The smallest absolute Gasteiger partial charge is 0.243 e. The molecule has 1 aliphatic rings. The second kappa shape index (κ2) is 9.19. The lowest BCUT2D eigenvalue weighted by Crippen LogP contribution is -2.52. The first-order chi connectivity index (χ1) is 13.8. The number of thioether (sulfide) groups is 1. The largest absolute Gasteiger partial charge is 0.497 e. The molecule has 8 heteroatoms. The molecule has 1 aliphatic heterocycles. The van der Waals surface area contributed by atoms with Crippen molar-refractivity contribution in [3.63, 3.8) is 0 Å². The minimum atomic E-state index is -3.53.